The number of benzene rings is 1. The predicted molar refractivity (Wildman–Crippen MR) is 91.2 cm³/mol. The zero-order valence-electron chi connectivity index (χ0n) is 13.8. The molecule has 0 saturated carbocycles. The summed E-state index contributed by atoms with van der Waals surface area (Å²) in [5.41, 5.74) is 1.89. The molecule has 5 nitrogen and oxygen atoms in total. The summed E-state index contributed by atoms with van der Waals surface area (Å²) in [4.78, 5) is 18.3. The van der Waals surface area contributed by atoms with Crippen LogP contribution in [0.15, 0.2) is 36.4 Å². The van der Waals surface area contributed by atoms with Gasteiger partial charge in [0.2, 0.25) is 0 Å². The molecular weight excluding hydrogens is 328 g/mol. The molecule has 24 heavy (non-hydrogen) atoms. The highest BCUT2D eigenvalue weighted by molar-refractivity contribution is 6.29. The van der Waals surface area contributed by atoms with E-state index in [-0.39, 0.29) is 0 Å². The van der Waals surface area contributed by atoms with E-state index in [0.717, 1.165) is 17.0 Å². The smallest absolute Gasteiger partial charge is 0.325 e. The van der Waals surface area contributed by atoms with E-state index in [9.17, 15) is 9.90 Å². The molecule has 1 aromatic heterocycles. The minimum Gasteiger partial charge on any atom is -0.497 e. The number of aliphatic carboxylic acids is 1. The van der Waals surface area contributed by atoms with Crippen LogP contribution in [0, 0.1) is 0 Å². The van der Waals surface area contributed by atoms with E-state index in [4.69, 9.17) is 16.3 Å². The van der Waals surface area contributed by atoms with Crippen LogP contribution in [0.2, 0.25) is 5.15 Å². The van der Waals surface area contributed by atoms with E-state index in [1.54, 1.807) is 19.2 Å². The van der Waals surface area contributed by atoms with Crippen molar-refractivity contribution < 1.29 is 14.6 Å². The summed E-state index contributed by atoms with van der Waals surface area (Å²) < 4.78 is 5.17. The molecule has 6 heteroatoms. The first-order valence-corrected chi connectivity index (χ1v) is 8.02. The largest absolute Gasteiger partial charge is 0.497 e. The van der Waals surface area contributed by atoms with Crippen molar-refractivity contribution >= 4 is 17.6 Å². The van der Waals surface area contributed by atoms with Gasteiger partial charge in [-0.1, -0.05) is 29.8 Å². The van der Waals surface area contributed by atoms with E-state index < -0.39 is 17.6 Å². The number of carboxylic acids is 1. The standard InChI is InChI=1S/C18H19ClN2O3/c1-18(2)16-13(8-9-14(19)20-16)15(17(22)23)21(18)10-11-4-6-12(24-3)7-5-11/h4-9,15H,10H2,1-3H3,(H,22,23). The molecular formula is C18H19ClN2O3. The molecule has 3 rings (SSSR count). The molecule has 1 N–H and O–H groups in total. The Kier molecular flexibility index (Phi) is 4.24. The second-order valence-electron chi connectivity index (χ2n) is 6.35. The number of methoxy groups -OCH3 is 1. The molecule has 0 aliphatic carbocycles. The third-order valence-electron chi connectivity index (χ3n) is 4.54. The number of hydrogen-bond donors (Lipinski definition) is 1. The van der Waals surface area contributed by atoms with Crippen molar-refractivity contribution in [3.63, 3.8) is 0 Å². The van der Waals surface area contributed by atoms with Gasteiger partial charge in [-0.15, -0.1) is 0 Å². The Morgan fingerprint density at radius 1 is 1.29 bits per heavy atom. The Bertz CT molecular complexity index is 774. The van der Waals surface area contributed by atoms with Gasteiger partial charge in [-0.05, 0) is 37.6 Å². The zero-order valence-corrected chi connectivity index (χ0v) is 14.5. The van der Waals surface area contributed by atoms with E-state index in [2.05, 4.69) is 4.98 Å². The molecule has 1 aliphatic rings. The first-order valence-electron chi connectivity index (χ1n) is 7.64. The number of pyridine rings is 1. The van der Waals surface area contributed by atoms with E-state index in [0.29, 0.717) is 17.3 Å². The lowest BCUT2D eigenvalue weighted by atomic mass is 9.99. The highest BCUT2D eigenvalue weighted by atomic mass is 35.5. The molecule has 1 aliphatic heterocycles. The Balaban J connectivity index is 2.00. The van der Waals surface area contributed by atoms with Gasteiger partial charge in [0.1, 0.15) is 16.9 Å². The summed E-state index contributed by atoms with van der Waals surface area (Å²) >= 11 is 6.03. The third kappa shape index (κ3) is 2.74. The van der Waals surface area contributed by atoms with Gasteiger partial charge in [-0.3, -0.25) is 9.69 Å². The summed E-state index contributed by atoms with van der Waals surface area (Å²) in [5.74, 6) is -0.120. The highest BCUT2D eigenvalue weighted by Gasteiger charge is 2.48. The Morgan fingerprint density at radius 2 is 1.96 bits per heavy atom. The number of ether oxygens (including phenoxy) is 1. The lowest BCUT2D eigenvalue weighted by Gasteiger charge is -2.34. The number of nitrogens with zero attached hydrogens (tertiary/aromatic N) is 2. The SMILES string of the molecule is COc1ccc(CN2C(C(=O)O)c3ccc(Cl)nc3C2(C)C)cc1. The minimum atomic E-state index is -0.889. The van der Waals surface area contributed by atoms with Crippen molar-refractivity contribution in [3.05, 3.63) is 58.4 Å². The van der Waals surface area contributed by atoms with Gasteiger partial charge in [0.25, 0.3) is 0 Å². The van der Waals surface area contributed by atoms with Crippen LogP contribution >= 0.6 is 11.6 Å². The van der Waals surface area contributed by atoms with E-state index in [1.807, 2.05) is 43.0 Å². The Hall–Kier alpha value is -2.11. The predicted octanol–water partition coefficient (Wildman–Crippen LogP) is 3.62. The first kappa shape index (κ1) is 16.7. The number of aromatic nitrogens is 1. The fourth-order valence-corrected chi connectivity index (χ4v) is 3.41. The molecule has 0 radical (unpaired) electrons. The van der Waals surface area contributed by atoms with Crippen LogP contribution < -0.4 is 4.74 Å². The maximum Gasteiger partial charge on any atom is 0.325 e. The van der Waals surface area contributed by atoms with Gasteiger partial charge >= 0.3 is 5.97 Å². The third-order valence-corrected chi connectivity index (χ3v) is 4.75. The average Bonchev–Trinajstić information content (AvgIpc) is 2.76. The van der Waals surface area contributed by atoms with Gasteiger partial charge in [0.15, 0.2) is 0 Å². The molecule has 1 atom stereocenters. The maximum atomic E-state index is 11.9. The molecule has 126 valence electrons. The van der Waals surface area contributed by atoms with Crippen LogP contribution in [0.4, 0.5) is 0 Å². The Morgan fingerprint density at radius 3 is 2.54 bits per heavy atom. The second-order valence-corrected chi connectivity index (χ2v) is 6.73. The van der Waals surface area contributed by atoms with Gasteiger partial charge in [0.05, 0.1) is 18.3 Å². The van der Waals surface area contributed by atoms with Crippen molar-refractivity contribution in [2.24, 2.45) is 0 Å². The molecule has 0 saturated heterocycles. The van der Waals surface area contributed by atoms with E-state index >= 15 is 0 Å². The number of carbonyl (C=O) groups is 1. The summed E-state index contributed by atoms with van der Waals surface area (Å²) in [5, 5.41) is 10.1. The van der Waals surface area contributed by atoms with Crippen molar-refractivity contribution in [2.75, 3.05) is 7.11 Å². The fraction of sp³-hybridized carbons (Fsp3) is 0.333. The van der Waals surface area contributed by atoms with Crippen LogP contribution in [0.3, 0.4) is 0 Å². The van der Waals surface area contributed by atoms with Gasteiger partial charge < -0.3 is 9.84 Å². The monoisotopic (exact) mass is 346 g/mol. The van der Waals surface area contributed by atoms with Gasteiger partial charge in [-0.25, -0.2) is 4.98 Å². The lowest BCUT2D eigenvalue weighted by molar-refractivity contribution is -0.145. The number of rotatable bonds is 4. The molecule has 0 spiro atoms. The van der Waals surface area contributed by atoms with Gasteiger partial charge in [0, 0.05) is 12.1 Å². The molecule has 1 unspecified atom stereocenters. The van der Waals surface area contributed by atoms with Crippen molar-refractivity contribution in [3.8, 4) is 5.75 Å². The Labute approximate surface area is 145 Å². The van der Waals surface area contributed by atoms with Crippen LogP contribution in [-0.2, 0) is 16.9 Å². The normalized spacial score (nSPS) is 19.1. The topological polar surface area (TPSA) is 62.7 Å². The summed E-state index contributed by atoms with van der Waals surface area (Å²) in [6, 6.07) is 10.3. The van der Waals surface area contributed by atoms with Crippen LogP contribution in [-0.4, -0.2) is 28.1 Å². The number of halogens is 1. The molecule has 0 amide bonds. The molecule has 0 fully saturated rings. The number of hydrogen-bond acceptors (Lipinski definition) is 4. The molecule has 2 aromatic rings. The van der Waals surface area contributed by atoms with E-state index in [1.165, 1.54) is 0 Å². The quantitative estimate of drug-likeness (QED) is 0.857. The average molecular weight is 347 g/mol. The number of fused-ring (bicyclic) bond motifs is 1. The summed E-state index contributed by atoms with van der Waals surface area (Å²) in [6.45, 7) is 4.44. The van der Waals surface area contributed by atoms with Gasteiger partial charge in [-0.2, -0.15) is 0 Å². The highest BCUT2D eigenvalue weighted by Crippen LogP contribution is 2.46. The maximum absolute atomic E-state index is 11.9. The fourth-order valence-electron chi connectivity index (χ4n) is 3.27. The molecule has 0 bridgehead atoms. The summed E-state index contributed by atoms with van der Waals surface area (Å²) in [6.07, 6.45) is 0. The minimum absolute atomic E-state index is 0.372. The van der Waals surface area contributed by atoms with Crippen molar-refractivity contribution in [2.45, 2.75) is 32.0 Å². The first-order chi connectivity index (χ1) is 11.3. The zero-order chi connectivity index (χ0) is 17.5. The number of carboxylic acid groups (broad SMARTS) is 1. The lowest BCUT2D eigenvalue weighted by Crippen LogP contribution is -2.40. The second kappa shape index (κ2) is 6.07. The van der Waals surface area contributed by atoms with Crippen LogP contribution in [0.1, 0.15) is 36.7 Å². The molecule has 2 heterocycles. The molecule has 1 aromatic carbocycles. The van der Waals surface area contributed by atoms with Crippen molar-refractivity contribution in [1.82, 2.24) is 9.88 Å². The van der Waals surface area contributed by atoms with Crippen LogP contribution in [0.25, 0.3) is 0 Å². The summed E-state index contributed by atoms with van der Waals surface area (Å²) in [7, 11) is 1.62. The van der Waals surface area contributed by atoms with Crippen molar-refractivity contribution in [1.29, 1.82) is 0 Å². The van der Waals surface area contributed by atoms with Crippen LogP contribution in [0.5, 0.6) is 5.75 Å².